The average molecular weight is 396 g/mol. The van der Waals surface area contributed by atoms with Gasteiger partial charge in [-0.15, -0.1) is 0 Å². The van der Waals surface area contributed by atoms with Gasteiger partial charge in [-0.3, -0.25) is 9.59 Å². The van der Waals surface area contributed by atoms with Crippen molar-refractivity contribution < 1.29 is 18.0 Å². The Morgan fingerprint density at radius 2 is 1.70 bits per heavy atom. The highest BCUT2D eigenvalue weighted by Gasteiger charge is 2.15. The van der Waals surface area contributed by atoms with Gasteiger partial charge in [0.25, 0.3) is 5.91 Å². The zero-order valence-electron chi connectivity index (χ0n) is 17.2. The second-order valence-electron chi connectivity index (χ2n) is 7.71. The molecule has 152 valence electrons. The molecule has 0 aromatic heterocycles. The Balaban J connectivity index is 2.45. The fourth-order valence-electron chi connectivity index (χ4n) is 2.72. The second-order valence-corrected chi connectivity index (χ2v) is 10.4. The largest absolute Gasteiger partial charge is 0.350 e. The number of ketones is 1. The highest BCUT2D eigenvalue weighted by molar-refractivity contribution is 7.91. The van der Waals surface area contributed by atoms with Crippen molar-refractivity contribution in [3.8, 4) is 0 Å². The molecule has 1 rings (SSSR count). The average Bonchev–Trinajstić information content (AvgIpc) is 2.55. The molecule has 0 aliphatic carbocycles. The molecule has 0 heterocycles. The predicted octanol–water partition coefficient (Wildman–Crippen LogP) is 3.63. The van der Waals surface area contributed by atoms with Gasteiger partial charge in [0, 0.05) is 24.4 Å². The van der Waals surface area contributed by atoms with E-state index < -0.39 is 9.84 Å². The van der Waals surface area contributed by atoms with Crippen LogP contribution in [0.1, 0.15) is 74.9 Å². The summed E-state index contributed by atoms with van der Waals surface area (Å²) >= 11 is 0. The van der Waals surface area contributed by atoms with Crippen molar-refractivity contribution in [1.29, 1.82) is 0 Å². The molecule has 0 saturated carbocycles. The number of carbonyl (C=O) groups excluding carboxylic acids is 2. The van der Waals surface area contributed by atoms with E-state index in [9.17, 15) is 18.0 Å². The van der Waals surface area contributed by atoms with Crippen LogP contribution in [0.2, 0.25) is 0 Å². The number of sulfone groups is 1. The lowest BCUT2D eigenvalue weighted by atomic mass is 9.98. The van der Waals surface area contributed by atoms with Crippen molar-refractivity contribution >= 4 is 21.5 Å². The van der Waals surface area contributed by atoms with Crippen LogP contribution in [0.4, 0.5) is 0 Å². The Hall–Kier alpha value is -1.69. The first-order chi connectivity index (χ1) is 12.5. The van der Waals surface area contributed by atoms with Crippen molar-refractivity contribution in [2.45, 2.75) is 78.0 Å². The zero-order chi connectivity index (χ0) is 20.6. The summed E-state index contributed by atoms with van der Waals surface area (Å²) in [7, 11) is -2.99. The number of aryl methyl sites for hydroxylation is 1. The normalized spacial score (nSPS) is 11.8. The second kappa shape index (κ2) is 10.6. The van der Waals surface area contributed by atoms with Crippen LogP contribution in [-0.4, -0.2) is 37.2 Å². The smallest absolute Gasteiger partial charge is 0.251 e. The van der Waals surface area contributed by atoms with Crippen LogP contribution in [0.5, 0.6) is 0 Å². The third kappa shape index (κ3) is 8.24. The molecule has 0 spiro atoms. The molecule has 0 radical (unpaired) electrons. The molecule has 0 unspecified atom stereocenters. The number of hydrogen-bond donors (Lipinski definition) is 1. The van der Waals surface area contributed by atoms with Crippen molar-refractivity contribution in [1.82, 2.24) is 5.32 Å². The molecule has 1 N–H and O–H groups in total. The van der Waals surface area contributed by atoms with Gasteiger partial charge in [-0.25, -0.2) is 8.42 Å². The van der Waals surface area contributed by atoms with E-state index in [1.54, 1.807) is 19.9 Å². The van der Waals surface area contributed by atoms with E-state index in [0.717, 1.165) is 17.5 Å². The van der Waals surface area contributed by atoms with Crippen LogP contribution >= 0.6 is 0 Å². The number of amides is 1. The Labute approximate surface area is 163 Å². The topological polar surface area (TPSA) is 80.3 Å². The minimum atomic E-state index is -2.99. The first kappa shape index (κ1) is 23.3. The maximum atomic E-state index is 12.2. The van der Waals surface area contributed by atoms with Gasteiger partial charge in [0.05, 0.1) is 11.0 Å². The molecule has 1 amide bonds. The van der Waals surface area contributed by atoms with Gasteiger partial charge in [-0.1, -0.05) is 12.5 Å². The molecular formula is C21H33NO4S. The number of nitrogens with one attached hydrogen (secondary N) is 1. The summed E-state index contributed by atoms with van der Waals surface area (Å²) in [5.74, 6) is 0.226. The summed E-state index contributed by atoms with van der Waals surface area (Å²) in [6.45, 7) is 9.12. The lowest BCUT2D eigenvalue weighted by Gasteiger charge is -2.11. The van der Waals surface area contributed by atoms with Crippen LogP contribution in [0, 0.1) is 6.92 Å². The van der Waals surface area contributed by atoms with Gasteiger partial charge >= 0.3 is 0 Å². The zero-order valence-corrected chi connectivity index (χ0v) is 18.0. The van der Waals surface area contributed by atoms with E-state index >= 15 is 0 Å². The summed E-state index contributed by atoms with van der Waals surface area (Å²) in [5, 5.41) is 2.51. The Morgan fingerprint density at radius 1 is 1.04 bits per heavy atom. The molecule has 0 saturated heterocycles. The van der Waals surface area contributed by atoms with Crippen molar-refractivity contribution in [3.63, 3.8) is 0 Å². The summed E-state index contributed by atoms with van der Waals surface area (Å²) in [6.07, 6.45) is 2.86. The quantitative estimate of drug-likeness (QED) is 0.580. The standard InChI is InChI=1S/C21H33NO4S/c1-15(2)22-21(24)19-11-10-18(17(5)13-19)14-20(23)9-7-6-8-12-27(25,26)16(3)4/h10-11,13,15-16H,6-9,12,14H2,1-5H3,(H,22,24). The number of unbranched alkanes of at least 4 members (excludes halogenated alkanes) is 2. The third-order valence-electron chi connectivity index (χ3n) is 4.51. The third-order valence-corrected chi connectivity index (χ3v) is 6.81. The van der Waals surface area contributed by atoms with Crippen molar-refractivity contribution in [2.24, 2.45) is 0 Å². The lowest BCUT2D eigenvalue weighted by Crippen LogP contribution is -2.30. The van der Waals surface area contributed by atoms with E-state index in [4.69, 9.17) is 0 Å². The summed E-state index contributed by atoms with van der Waals surface area (Å²) in [4.78, 5) is 24.2. The maximum absolute atomic E-state index is 12.2. The summed E-state index contributed by atoms with van der Waals surface area (Å²) in [6, 6.07) is 5.49. The van der Waals surface area contributed by atoms with Gasteiger partial charge in [0.15, 0.2) is 9.84 Å². The molecule has 6 heteroatoms. The SMILES string of the molecule is Cc1cc(C(=O)NC(C)C)ccc1CC(=O)CCCCCS(=O)(=O)C(C)C. The molecular weight excluding hydrogens is 362 g/mol. The van der Waals surface area contributed by atoms with Gasteiger partial charge in [-0.2, -0.15) is 0 Å². The predicted molar refractivity (Wildman–Crippen MR) is 110 cm³/mol. The highest BCUT2D eigenvalue weighted by Crippen LogP contribution is 2.14. The molecule has 0 aliphatic heterocycles. The number of carbonyl (C=O) groups is 2. The molecule has 1 aromatic rings. The van der Waals surface area contributed by atoms with E-state index in [1.807, 2.05) is 32.9 Å². The molecule has 0 fully saturated rings. The fraction of sp³-hybridized carbons (Fsp3) is 0.619. The molecule has 5 nitrogen and oxygen atoms in total. The van der Waals surface area contributed by atoms with E-state index in [0.29, 0.717) is 31.2 Å². The van der Waals surface area contributed by atoms with Crippen LogP contribution in [0.15, 0.2) is 18.2 Å². The summed E-state index contributed by atoms with van der Waals surface area (Å²) in [5.41, 5.74) is 2.47. The molecule has 0 aliphatic rings. The number of hydrogen-bond acceptors (Lipinski definition) is 4. The van der Waals surface area contributed by atoms with E-state index in [1.165, 1.54) is 0 Å². The maximum Gasteiger partial charge on any atom is 0.251 e. The lowest BCUT2D eigenvalue weighted by molar-refractivity contribution is -0.118. The summed E-state index contributed by atoms with van der Waals surface area (Å²) < 4.78 is 23.5. The first-order valence-electron chi connectivity index (χ1n) is 9.66. The number of rotatable bonds is 11. The van der Waals surface area contributed by atoms with Crippen molar-refractivity contribution in [2.75, 3.05) is 5.75 Å². The number of benzene rings is 1. The Morgan fingerprint density at radius 3 is 2.26 bits per heavy atom. The minimum absolute atomic E-state index is 0.0783. The molecule has 27 heavy (non-hydrogen) atoms. The minimum Gasteiger partial charge on any atom is -0.350 e. The van der Waals surface area contributed by atoms with Crippen LogP contribution in [0.25, 0.3) is 0 Å². The highest BCUT2D eigenvalue weighted by atomic mass is 32.2. The number of Topliss-reactive ketones (excluding diaryl/α,β-unsaturated/α-hetero) is 1. The fourth-order valence-corrected chi connectivity index (χ4v) is 3.80. The van der Waals surface area contributed by atoms with Crippen LogP contribution in [-0.2, 0) is 21.1 Å². The van der Waals surface area contributed by atoms with Gasteiger partial charge < -0.3 is 5.32 Å². The monoisotopic (exact) mass is 395 g/mol. The molecule has 0 bridgehead atoms. The van der Waals surface area contributed by atoms with Crippen LogP contribution in [0.3, 0.4) is 0 Å². The van der Waals surface area contributed by atoms with Gasteiger partial charge in [0.2, 0.25) is 0 Å². The molecule has 1 aromatic carbocycles. The van der Waals surface area contributed by atoms with E-state index in [-0.39, 0.29) is 28.7 Å². The van der Waals surface area contributed by atoms with Gasteiger partial charge in [0.1, 0.15) is 5.78 Å². The van der Waals surface area contributed by atoms with Crippen LogP contribution < -0.4 is 5.32 Å². The van der Waals surface area contributed by atoms with Gasteiger partial charge in [-0.05, 0) is 70.7 Å². The molecule has 0 atom stereocenters. The Kier molecular flexibility index (Phi) is 9.16. The Bertz CT molecular complexity index is 751. The van der Waals surface area contributed by atoms with E-state index in [2.05, 4.69) is 5.32 Å². The first-order valence-corrected chi connectivity index (χ1v) is 11.4. The van der Waals surface area contributed by atoms with Crippen molar-refractivity contribution in [3.05, 3.63) is 34.9 Å².